The molecule has 0 spiro atoms. The Balaban J connectivity index is 2.24. The van der Waals surface area contributed by atoms with Crippen molar-refractivity contribution in [3.63, 3.8) is 0 Å². The Morgan fingerprint density at radius 1 is 1.54 bits per heavy atom. The number of hydrogen-bond acceptors (Lipinski definition) is 2. The van der Waals surface area contributed by atoms with Crippen molar-refractivity contribution in [3.8, 4) is 12.3 Å². The van der Waals surface area contributed by atoms with Crippen molar-refractivity contribution in [3.05, 3.63) is 0 Å². The molecular formula is C11H19NO. The summed E-state index contributed by atoms with van der Waals surface area (Å²) in [6, 6.07) is 0.653. The lowest BCUT2D eigenvalue weighted by atomic mass is 10.2. The normalized spacial score (nSPS) is 25.1. The van der Waals surface area contributed by atoms with Crippen molar-refractivity contribution in [1.29, 1.82) is 0 Å². The van der Waals surface area contributed by atoms with Crippen molar-refractivity contribution in [2.75, 3.05) is 26.3 Å². The second-order valence-electron chi connectivity index (χ2n) is 3.59. The van der Waals surface area contributed by atoms with Gasteiger partial charge in [0.05, 0.1) is 6.61 Å². The zero-order valence-corrected chi connectivity index (χ0v) is 8.46. The Morgan fingerprint density at radius 2 is 2.38 bits per heavy atom. The molecule has 2 heteroatoms. The monoisotopic (exact) mass is 181 g/mol. The molecule has 0 aromatic rings. The van der Waals surface area contributed by atoms with E-state index in [4.69, 9.17) is 11.2 Å². The van der Waals surface area contributed by atoms with E-state index < -0.39 is 0 Å². The summed E-state index contributed by atoms with van der Waals surface area (Å²) in [7, 11) is 0. The number of nitrogens with zero attached hydrogens (tertiary/aromatic N) is 1. The number of rotatable bonds is 3. The number of terminal acetylenes is 1. The van der Waals surface area contributed by atoms with Crippen LogP contribution in [-0.4, -0.2) is 37.2 Å². The first-order valence-corrected chi connectivity index (χ1v) is 5.10. The van der Waals surface area contributed by atoms with Gasteiger partial charge in [-0.25, -0.2) is 0 Å². The van der Waals surface area contributed by atoms with Gasteiger partial charge in [0.2, 0.25) is 0 Å². The van der Waals surface area contributed by atoms with Crippen LogP contribution in [0.1, 0.15) is 26.2 Å². The van der Waals surface area contributed by atoms with Crippen LogP contribution < -0.4 is 0 Å². The van der Waals surface area contributed by atoms with Gasteiger partial charge in [-0.2, -0.15) is 0 Å². The topological polar surface area (TPSA) is 12.5 Å². The fourth-order valence-corrected chi connectivity index (χ4v) is 1.66. The maximum absolute atomic E-state index is 5.42. The number of unbranched alkanes of at least 4 members (excludes halogenated alkanes) is 1. The van der Waals surface area contributed by atoms with Gasteiger partial charge in [-0.05, 0) is 26.3 Å². The third-order valence-electron chi connectivity index (χ3n) is 2.59. The third kappa shape index (κ3) is 3.80. The summed E-state index contributed by atoms with van der Waals surface area (Å²) in [5, 5.41) is 0. The molecule has 1 unspecified atom stereocenters. The van der Waals surface area contributed by atoms with Gasteiger partial charge in [0.1, 0.15) is 0 Å². The van der Waals surface area contributed by atoms with Gasteiger partial charge in [0, 0.05) is 25.6 Å². The van der Waals surface area contributed by atoms with Gasteiger partial charge in [0.25, 0.3) is 0 Å². The minimum absolute atomic E-state index is 0.653. The molecule has 1 aliphatic heterocycles. The van der Waals surface area contributed by atoms with Gasteiger partial charge < -0.3 is 4.74 Å². The average Bonchev–Trinajstić information content (AvgIpc) is 2.32. The minimum Gasteiger partial charge on any atom is -0.380 e. The van der Waals surface area contributed by atoms with Crippen molar-refractivity contribution >= 4 is 0 Å². The van der Waals surface area contributed by atoms with Gasteiger partial charge >= 0.3 is 0 Å². The van der Waals surface area contributed by atoms with E-state index >= 15 is 0 Å². The Labute approximate surface area is 81.3 Å². The summed E-state index contributed by atoms with van der Waals surface area (Å²) in [6.45, 7) is 6.23. The van der Waals surface area contributed by atoms with Gasteiger partial charge in [-0.15, -0.1) is 12.3 Å². The molecule has 0 radical (unpaired) electrons. The van der Waals surface area contributed by atoms with E-state index in [0.717, 1.165) is 45.6 Å². The van der Waals surface area contributed by atoms with E-state index in [-0.39, 0.29) is 0 Å². The van der Waals surface area contributed by atoms with Gasteiger partial charge in [-0.1, -0.05) is 0 Å². The molecule has 0 aromatic carbocycles. The highest BCUT2D eigenvalue weighted by Gasteiger charge is 2.15. The summed E-state index contributed by atoms with van der Waals surface area (Å²) in [6.07, 6.45) is 8.37. The second-order valence-corrected chi connectivity index (χ2v) is 3.59. The molecule has 1 aliphatic rings. The van der Waals surface area contributed by atoms with Crippen LogP contribution in [0.3, 0.4) is 0 Å². The first-order chi connectivity index (χ1) is 6.34. The Morgan fingerprint density at radius 3 is 3.15 bits per heavy atom. The summed E-state index contributed by atoms with van der Waals surface area (Å²) in [5.41, 5.74) is 0. The Kier molecular flexibility index (Phi) is 4.88. The molecule has 0 aromatic heterocycles. The molecular weight excluding hydrogens is 162 g/mol. The zero-order chi connectivity index (χ0) is 9.52. The summed E-state index contributed by atoms with van der Waals surface area (Å²) >= 11 is 0. The Bertz CT molecular complexity index is 173. The molecule has 0 bridgehead atoms. The molecule has 1 fully saturated rings. The molecule has 0 N–H and O–H groups in total. The highest BCUT2D eigenvalue weighted by atomic mass is 16.5. The SMILES string of the molecule is C#CCCCN1CCOCCC1C. The summed E-state index contributed by atoms with van der Waals surface area (Å²) in [4.78, 5) is 2.48. The van der Waals surface area contributed by atoms with Crippen molar-refractivity contribution in [2.45, 2.75) is 32.2 Å². The lowest BCUT2D eigenvalue weighted by molar-refractivity contribution is 0.140. The molecule has 0 aliphatic carbocycles. The quantitative estimate of drug-likeness (QED) is 0.483. The maximum Gasteiger partial charge on any atom is 0.0593 e. The highest BCUT2D eigenvalue weighted by molar-refractivity contribution is 4.84. The molecule has 13 heavy (non-hydrogen) atoms. The van der Waals surface area contributed by atoms with Crippen LogP contribution in [0.5, 0.6) is 0 Å². The standard InChI is InChI=1S/C11H19NO/c1-3-4-5-7-12-8-10-13-9-6-11(12)2/h1,11H,4-10H2,2H3. The molecule has 1 saturated heterocycles. The lowest BCUT2D eigenvalue weighted by Gasteiger charge is -2.25. The molecule has 0 amide bonds. The maximum atomic E-state index is 5.42. The van der Waals surface area contributed by atoms with E-state index in [0.29, 0.717) is 6.04 Å². The van der Waals surface area contributed by atoms with Crippen LogP contribution in [0.25, 0.3) is 0 Å². The van der Waals surface area contributed by atoms with Crippen molar-refractivity contribution in [1.82, 2.24) is 4.90 Å². The second kappa shape index (κ2) is 6.01. The largest absolute Gasteiger partial charge is 0.380 e. The van der Waals surface area contributed by atoms with E-state index in [2.05, 4.69) is 17.7 Å². The number of ether oxygens (including phenoxy) is 1. The molecule has 74 valence electrons. The first-order valence-electron chi connectivity index (χ1n) is 5.10. The smallest absolute Gasteiger partial charge is 0.0593 e. The first kappa shape index (κ1) is 10.6. The fourth-order valence-electron chi connectivity index (χ4n) is 1.66. The predicted molar refractivity (Wildman–Crippen MR) is 54.5 cm³/mol. The van der Waals surface area contributed by atoms with E-state index in [1.54, 1.807) is 0 Å². The summed E-state index contributed by atoms with van der Waals surface area (Å²) in [5.74, 6) is 2.68. The van der Waals surface area contributed by atoms with Crippen LogP contribution >= 0.6 is 0 Å². The molecule has 1 atom stereocenters. The minimum atomic E-state index is 0.653. The van der Waals surface area contributed by atoms with Gasteiger partial charge in [0.15, 0.2) is 0 Å². The van der Waals surface area contributed by atoms with Crippen molar-refractivity contribution in [2.24, 2.45) is 0 Å². The summed E-state index contributed by atoms with van der Waals surface area (Å²) < 4.78 is 5.42. The van der Waals surface area contributed by atoms with E-state index in [1.165, 1.54) is 0 Å². The molecule has 1 rings (SSSR count). The van der Waals surface area contributed by atoms with Crippen LogP contribution in [-0.2, 0) is 4.74 Å². The fraction of sp³-hybridized carbons (Fsp3) is 0.818. The zero-order valence-electron chi connectivity index (χ0n) is 8.46. The highest BCUT2D eigenvalue weighted by Crippen LogP contribution is 2.09. The Hall–Kier alpha value is -0.520. The lowest BCUT2D eigenvalue weighted by Crippen LogP contribution is -2.34. The predicted octanol–water partition coefficient (Wildman–Crippen LogP) is 1.51. The van der Waals surface area contributed by atoms with Crippen LogP contribution in [0.15, 0.2) is 0 Å². The third-order valence-corrected chi connectivity index (χ3v) is 2.59. The van der Waals surface area contributed by atoms with Crippen LogP contribution in [0.4, 0.5) is 0 Å². The van der Waals surface area contributed by atoms with Crippen molar-refractivity contribution < 1.29 is 4.74 Å². The average molecular weight is 181 g/mol. The van der Waals surface area contributed by atoms with Gasteiger partial charge in [-0.3, -0.25) is 4.90 Å². The van der Waals surface area contributed by atoms with Crippen LogP contribution in [0.2, 0.25) is 0 Å². The number of hydrogen-bond donors (Lipinski definition) is 0. The van der Waals surface area contributed by atoms with E-state index in [9.17, 15) is 0 Å². The van der Waals surface area contributed by atoms with E-state index in [1.807, 2.05) is 0 Å². The molecule has 0 saturated carbocycles. The molecule has 2 nitrogen and oxygen atoms in total. The van der Waals surface area contributed by atoms with Crippen LogP contribution in [0, 0.1) is 12.3 Å². The molecule has 1 heterocycles.